The highest BCUT2D eigenvalue weighted by atomic mass is 16.5. The molecule has 0 radical (unpaired) electrons. The van der Waals surface area contributed by atoms with E-state index in [0.29, 0.717) is 12.1 Å². The van der Waals surface area contributed by atoms with Crippen LogP contribution in [0.3, 0.4) is 0 Å². The number of rotatable bonds is 5. The average molecular weight is 263 g/mol. The molecule has 1 N–H and O–H groups in total. The first-order chi connectivity index (χ1) is 9.10. The monoisotopic (exact) mass is 263 g/mol. The molecule has 0 aliphatic carbocycles. The summed E-state index contributed by atoms with van der Waals surface area (Å²) in [6, 6.07) is 2.68. The van der Waals surface area contributed by atoms with Crippen molar-refractivity contribution in [2.75, 3.05) is 25.1 Å². The summed E-state index contributed by atoms with van der Waals surface area (Å²) in [7, 11) is 1.80. The zero-order valence-corrected chi connectivity index (χ0v) is 12.4. The van der Waals surface area contributed by atoms with Gasteiger partial charge in [0.05, 0.1) is 6.10 Å². The lowest BCUT2D eigenvalue weighted by molar-refractivity contribution is 0.121. The van der Waals surface area contributed by atoms with E-state index in [4.69, 9.17) is 4.74 Å². The molecule has 1 saturated heterocycles. The maximum Gasteiger partial charge on any atom is 0.0762 e. The summed E-state index contributed by atoms with van der Waals surface area (Å²) in [5.41, 5.74) is 3.65. The number of ether oxygens (including phenoxy) is 1. The molecule has 4 nitrogen and oxygen atoms in total. The van der Waals surface area contributed by atoms with Crippen LogP contribution in [0.15, 0.2) is 12.3 Å². The van der Waals surface area contributed by atoms with Crippen LogP contribution in [0.1, 0.15) is 31.5 Å². The van der Waals surface area contributed by atoms with Crippen LogP contribution >= 0.6 is 0 Å². The van der Waals surface area contributed by atoms with Crippen molar-refractivity contribution >= 4 is 5.69 Å². The SMILES string of the molecule is COC1CCN(c2cc(C)ncc2CNC(C)C)C1. The van der Waals surface area contributed by atoms with Gasteiger partial charge in [0, 0.05) is 55.9 Å². The molecule has 19 heavy (non-hydrogen) atoms. The Balaban J connectivity index is 2.15. The third kappa shape index (κ3) is 3.67. The van der Waals surface area contributed by atoms with Gasteiger partial charge in [0.25, 0.3) is 0 Å². The predicted octanol–water partition coefficient (Wildman–Crippen LogP) is 2.11. The van der Waals surface area contributed by atoms with E-state index in [1.165, 1.54) is 11.3 Å². The fraction of sp³-hybridized carbons (Fsp3) is 0.667. The van der Waals surface area contributed by atoms with Crippen molar-refractivity contribution < 1.29 is 4.74 Å². The van der Waals surface area contributed by atoms with Crippen molar-refractivity contribution in [3.05, 3.63) is 23.5 Å². The van der Waals surface area contributed by atoms with E-state index < -0.39 is 0 Å². The summed E-state index contributed by atoms with van der Waals surface area (Å²) >= 11 is 0. The second-order valence-corrected chi connectivity index (χ2v) is 5.58. The lowest BCUT2D eigenvalue weighted by Crippen LogP contribution is -2.27. The molecule has 0 bridgehead atoms. The molecule has 106 valence electrons. The van der Waals surface area contributed by atoms with Gasteiger partial charge in [-0.2, -0.15) is 0 Å². The van der Waals surface area contributed by atoms with Gasteiger partial charge in [-0.05, 0) is 19.4 Å². The van der Waals surface area contributed by atoms with Crippen LogP contribution in [-0.2, 0) is 11.3 Å². The van der Waals surface area contributed by atoms with Crippen molar-refractivity contribution in [2.45, 2.75) is 45.9 Å². The predicted molar refractivity (Wildman–Crippen MR) is 78.6 cm³/mol. The molecule has 0 amide bonds. The highest BCUT2D eigenvalue weighted by Crippen LogP contribution is 2.26. The second kappa shape index (κ2) is 6.35. The van der Waals surface area contributed by atoms with Crippen LogP contribution in [0.2, 0.25) is 0 Å². The van der Waals surface area contributed by atoms with Crippen LogP contribution < -0.4 is 10.2 Å². The molecular weight excluding hydrogens is 238 g/mol. The van der Waals surface area contributed by atoms with Gasteiger partial charge < -0.3 is 15.0 Å². The molecule has 0 saturated carbocycles. The number of anilines is 1. The third-order valence-corrected chi connectivity index (χ3v) is 3.62. The first kappa shape index (κ1) is 14.3. The summed E-state index contributed by atoms with van der Waals surface area (Å²) in [5.74, 6) is 0. The standard InChI is InChI=1S/C15H25N3O/c1-11(2)16-8-13-9-17-12(3)7-15(13)18-6-5-14(10-18)19-4/h7,9,11,14,16H,5-6,8,10H2,1-4H3. The van der Waals surface area contributed by atoms with Gasteiger partial charge in [0.1, 0.15) is 0 Å². The Morgan fingerprint density at radius 3 is 2.95 bits per heavy atom. The number of methoxy groups -OCH3 is 1. The topological polar surface area (TPSA) is 37.4 Å². The average Bonchev–Trinajstić information content (AvgIpc) is 2.85. The Kier molecular flexibility index (Phi) is 4.77. The minimum atomic E-state index is 0.361. The lowest BCUT2D eigenvalue weighted by Gasteiger charge is -2.23. The highest BCUT2D eigenvalue weighted by Gasteiger charge is 2.24. The normalized spacial score (nSPS) is 19.4. The molecule has 1 aromatic rings. The Labute approximate surface area is 116 Å². The maximum atomic E-state index is 5.46. The van der Waals surface area contributed by atoms with Crippen LogP contribution in [0.4, 0.5) is 5.69 Å². The van der Waals surface area contributed by atoms with Gasteiger partial charge in [-0.3, -0.25) is 4.98 Å². The Bertz CT molecular complexity index is 420. The molecule has 1 aliphatic rings. The summed E-state index contributed by atoms with van der Waals surface area (Å²) in [5, 5.41) is 3.47. The van der Waals surface area contributed by atoms with E-state index in [2.05, 4.69) is 35.1 Å². The van der Waals surface area contributed by atoms with E-state index in [9.17, 15) is 0 Å². The fourth-order valence-corrected chi connectivity index (χ4v) is 2.46. The smallest absolute Gasteiger partial charge is 0.0762 e. The molecule has 2 rings (SSSR count). The van der Waals surface area contributed by atoms with Crippen molar-refractivity contribution in [1.82, 2.24) is 10.3 Å². The van der Waals surface area contributed by atoms with Gasteiger partial charge in [0.2, 0.25) is 0 Å². The summed E-state index contributed by atoms with van der Waals surface area (Å²) in [4.78, 5) is 6.85. The molecule has 0 spiro atoms. The molecule has 1 aromatic heterocycles. The largest absolute Gasteiger partial charge is 0.380 e. The first-order valence-electron chi connectivity index (χ1n) is 7.06. The van der Waals surface area contributed by atoms with E-state index in [1.807, 2.05) is 13.1 Å². The number of hydrogen-bond donors (Lipinski definition) is 1. The summed E-state index contributed by atoms with van der Waals surface area (Å²) in [6.45, 7) is 9.29. The zero-order chi connectivity index (χ0) is 13.8. The van der Waals surface area contributed by atoms with Crippen LogP contribution in [0.25, 0.3) is 0 Å². The number of nitrogens with one attached hydrogen (secondary N) is 1. The number of pyridine rings is 1. The quantitative estimate of drug-likeness (QED) is 0.883. The van der Waals surface area contributed by atoms with E-state index in [-0.39, 0.29) is 0 Å². The van der Waals surface area contributed by atoms with Crippen molar-refractivity contribution in [2.24, 2.45) is 0 Å². The Morgan fingerprint density at radius 1 is 1.53 bits per heavy atom. The van der Waals surface area contributed by atoms with Crippen LogP contribution in [0, 0.1) is 6.92 Å². The number of aryl methyl sites for hydroxylation is 1. The van der Waals surface area contributed by atoms with E-state index in [1.54, 1.807) is 7.11 Å². The zero-order valence-electron chi connectivity index (χ0n) is 12.4. The maximum absolute atomic E-state index is 5.46. The Hall–Kier alpha value is -1.13. The van der Waals surface area contributed by atoms with Gasteiger partial charge in [0.15, 0.2) is 0 Å². The van der Waals surface area contributed by atoms with Gasteiger partial charge in [-0.1, -0.05) is 13.8 Å². The molecule has 1 unspecified atom stereocenters. The van der Waals surface area contributed by atoms with Crippen molar-refractivity contribution in [3.63, 3.8) is 0 Å². The molecule has 1 atom stereocenters. The lowest BCUT2D eigenvalue weighted by atomic mass is 10.2. The minimum Gasteiger partial charge on any atom is -0.380 e. The molecule has 0 aromatic carbocycles. The summed E-state index contributed by atoms with van der Waals surface area (Å²) < 4.78 is 5.46. The van der Waals surface area contributed by atoms with Crippen molar-refractivity contribution in [1.29, 1.82) is 0 Å². The van der Waals surface area contributed by atoms with Gasteiger partial charge in [-0.25, -0.2) is 0 Å². The van der Waals surface area contributed by atoms with Gasteiger partial charge >= 0.3 is 0 Å². The third-order valence-electron chi connectivity index (χ3n) is 3.62. The number of hydrogen-bond acceptors (Lipinski definition) is 4. The fourth-order valence-electron chi connectivity index (χ4n) is 2.46. The number of nitrogens with zero attached hydrogens (tertiary/aromatic N) is 2. The molecule has 1 fully saturated rings. The van der Waals surface area contributed by atoms with E-state index in [0.717, 1.165) is 31.7 Å². The molecular formula is C15H25N3O. The first-order valence-corrected chi connectivity index (χ1v) is 7.06. The second-order valence-electron chi connectivity index (χ2n) is 5.58. The van der Waals surface area contributed by atoms with E-state index >= 15 is 0 Å². The Morgan fingerprint density at radius 2 is 2.32 bits per heavy atom. The summed E-state index contributed by atoms with van der Waals surface area (Å²) in [6.07, 6.45) is 3.47. The highest BCUT2D eigenvalue weighted by molar-refractivity contribution is 5.54. The number of aromatic nitrogens is 1. The van der Waals surface area contributed by atoms with Crippen molar-refractivity contribution in [3.8, 4) is 0 Å². The minimum absolute atomic E-state index is 0.361. The molecule has 1 aliphatic heterocycles. The molecule has 2 heterocycles. The van der Waals surface area contributed by atoms with Gasteiger partial charge in [-0.15, -0.1) is 0 Å². The molecule has 4 heteroatoms. The van der Waals surface area contributed by atoms with Crippen LogP contribution in [0.5, 0.6) is 0 Å². The van der Waals surface area contributed by atoms with Crippen LogP contribution in [-0.4, -0.2) is 37.3 Å².